The van der Waals surface area contributed by atoms with E-state index in [0.29, 0.717) is 35.3 Å². The number of hydrogen-bond donors (Lipinski definition) is 2. The number of rotatable bonds is 10. The van der Waals surface area contributed by atoms with E-state index < -0.39 is 15.9 Å². The summed E-state index contributed by atoms with van der Waals surface area (Å²) in [6.45, 7) is 4.46. The minimum absolute atomic E-state index is 0.0455. The van der Waals surface area contributed by atoms with Crippen molar-refractivity contribution in [3.05, 3.63) is 42.5 Å². The van der Waals surface area contributed by atoms with E-state index in [1.165, 1.54) is 23.9 Å². The van der Waals surface area contributed by atoms with Crippen LogP contribution in [0.3, 0.4) is 0 Å². The van der Waals surface area contributed by atoms with Crippen molar-refractivity contribution in [2.24, 2.45) is 5.73 Å². The first-order valence-corrected chi connectivity index (χ1v) is 10.8. The van der Waals surface area contributed by atoms with Gasteiger partial charge in [-0.3, -0.25) is 9.52 Å². The summed E-state index contributed by atoms with van der Waals surface area (Å²) in [6.07, 6.45) is 0. The summed E-state index contributed by atoms with van der Waals surface area (Å²) < 4.78 is 39.1. The van der Waals surface area contributed by atoms with Gasteiger partial charge in [0, 0.05) is 11.0 Å². The number of primary amides is 1. The predicted molar refractivity (Wildman–Crippen MR) is 106 cm³/mol. The van der Waals surface area contributed by atoms with Gasteiger partial charge in [0.15, 0.2) is 11.5 Å². The number of nitrogens with one attached hydrogen (secondary N) is 1. The molecule has 0 aliphatic heterocycles. The Bertz CT molecular complexity index is 900. The molecule has 0 radical (unpaired) electrons. The molecule has 0 bridgehead atoms. The minimum Gasteiger partial charge on any atom is -0.490 e. The largest absolute Gasteiger partial charge is 0.490 e. The van der Waals surface area contributed by atoms with Crippen LogP contribution >= 0.6 is 11.8 Å². The van der Waals surface area contributed by atoms with E-state index in [-0.39, 0.29) is 10.6 Å². The number of sulfonamides is 1. The number of nitrogens with two attached hydrogens (primary N) is 1. The lowest BCUT2D eigenvalue weighted by Gasteiger charge is -2.15. The van der Waals surface area contributed by atoms with Gasteiger partial charge in [0.2, 0.25) is 5.91 Å². The van der Waals surface area contributed by atoms with E-state index in [4.69, 9.17) is 15.2 Å². The molecule has 0 aliphatic rings. The smallest absolute Gasteiger partial charge is 0.262 e. The van der Waals surface area contributed by atoms with Gasteiger partial charge in [-0.1, -0.05) is 12.1 Å². The van der Waals surface area contributed by atoms with Gasteiger partial charge in [-0.2, -0.15) is 0 Å². The summed E-state index contributed by atoms with van der Waals surface area (Å²) >= 11 is 1.17. The molecular weight excluding hydrogens is 388 g/mol. The molecule has 2 aromatic rings. The minimum atomic E-state index is -3.86. The van der Waals surface area contributed by atoms with Gasteiger partial charge in [0.05, 0.1) is 29.5 Å². The van der Waals surface area contributed by atoms with E-state index >= 15 is 0 Å². The Morgan fingerprint density at radius 2 is 1.74 bits per heavy atom. The van der Waals surface area contributed by atoms with E-state index in [2.05, 4.69) is 4.72 Å². The van der Waals surface area contributed by atoms with Crippen LogP contribution in [0, 0.1) is 0 Å². The number of thioether (sulfide) groups is 1. The van der Waals surface area contributed by atoms with E-state index in [9.17, 15) is 13.2 Å². The first kappa shape index (κ1) is 20.9. The molecule has 1 amide bonds. The highest BCUT2D eigenvalue weighted by atomic mass is 32.2. The highest BCUT2D eigenvalue weighted by molar-refractivity contribution is 8.00. The summed E-state index contributed by atoms with van der Waals surface area (Å²) in [4.78, 5) is 11.7. The fourth-order valence-electron chi connectivity index (χ4n) is 2.23. The molecule has 0 saturated carbocycles. The molecule has 9 heteroatoms. The molecule has 2 rings (SSSR count). The Kier molecular flexibility index (Phi) is 7.37. The third kappa shape index (κ3) is 5.80. The molecule has 0 aromatic heterocycles. The summed E-state index contributed by atoms with van der Waals surface area (Å²) in [6, 6.07) is 11.2. The molecule has 27 heavy (non-hydrogen) atoms. The van der Waals surface area contributed by atoms with E-state index in [0.717, 1.165) is 0 Å². The fraction of sp³-hybridized carbons (Fsp3) is 0.278. The van der Waals surface area contributed by atoms with Crippen LogP contribution < -0.4 is 19.9 Å². The highest BCUT2D eigenvalue weighted by Crippen LogP contribution is 2.32. The number of anilines is 1. The van der Waals surface area contributed by atoms with Gasteiger partial charge in [-0.05, 0) is 38.1 Å². The van der Waals surface area contributed by atoms with Crippen LogP contribution in [0.1, 0.15) is 13.8 Å². The monoisotopic (exact) mass is 410 g/mol. The summed E-state index contributed by atoms with van der Waals surface area (Å²) in [7, 11) is -3.86. The zero-order valence-electron chi connectivity index (χ0n) is 15.1. The van der Waals surface area contributed by atoms with Crippen LogP contribution in [0.4, 0.5) is 5.69 Å². The number of benzene rings is 2. The molecule has 0 saturated heterocycles. The van der Waals surface area contributed by atoms with Crippen molar-refractivity contribution in [2.45, 2.75) is 23.6 Å². The molecule has 0 spiro atoms. The quantitative estimate of drug-likeness (QED) is 0.583. The van der Waals surface area contributed by atoms with Crippen LogP contribution in [0.5, 0.6) is 11.5 Å². The molecule has 0 aliphatic carbocycles. The normalized spacial score (nSPS) is 11.0. The van der Waals surface area contributed by atoms with E-state index in [1.54, 1.807) is 37.3 Å². The predicted octanol–water partition coefficient (Wildman–Crippen LogP) is 2.86. The lowest BCUT2D eigenvalue weighted by Crippen LogP contribution is -2.15. The van der Waals surface area contributed by atoms with Gasteiger partial charge in [0.25, 0.3) is 10.0 Å². The molecule has 7 nitrogen and oxygen atoms in total. The van der Waals surface area contributed by atoms with Crippen LogP contribution in [0.25, 0.3) is 0 Å². The Labute approximate surface area is 163 Å². The second-order valence-electron chi connectivity index (χ2n) is 5.33. The third-order valence-electron chi connectivity index (χ3n) is 3.33. The number of carbonyl (C=O) groups excluding carboxylic acids is 1. The topological polar surface area (TPSA) is 108 Å². The number of hydrogen-bond acceptors (Lipinski definition) is 6. The molecule has 3 N–H and O–H groups in total. The second kappa shape index (κ2) is 9.52. The van der Waals surface area contributed by atoms with Crippen molar-refractivity contribution in [3.63, 3.8) is 0 Å². The molecule has 0 unspecified atom stereocenters. The van der Waals surface area contributed by atoms with Gasteiger partial charge in [-0.15, -0.1) is 11.8 Å². The molecule has 0 heterocycles. The first-order valence-electron chi connectivity index (χ1n) is 8.30. The maximum absolute atomic E-state index is 12.8. The van der Waals surface area contributed by atoms with Crippen molar-refractivity contribution in [1.82, 2.24) is 0 Å². The standard InChI is InChI=1S/C18H22N2O5S2/c1-3-24-15-10-9-13(11-16(15)25-4-2)27(22,23)20-14-7-5-6-8-17(14)26-12-18(19)21/h5-11,20H,3-4,12H2,1-2H3,(H2,19,21). The van der Waals surface area contributed by atoms with Crippen LogP contribution in [0.2, 0.25) is 0 Å². The van der Waals surface area contributed by atoms with Gasteiger partial charge >= 0.3 is 0 Å². The molecule has 0 atom stereocenters. The molecule has 0 fully saturated rings. The average Bonchev–Trinajstić information content (AvgIpc) is 2.62. The highest BCUT2D eigenvalue weighted by Gasteiger charge is 2.19. The summed E-state index contributed by atoms with van der Waals surface area (Å²) in [5.74, 6) is 0.413. The molecule has 2 aromatic carbocycles. The number of ether oxygens (including phenoxy) is 2. The van der Waals surface area contributed by atoms with Gasteiger partial charge in [0.1, 0.15) is 0 Å². The zero-order valence-corrected chi connectivity index (χ0v) is 16.7. The summed E-state index contributed by atoms with van der Waals surface area (Å²) in [5.41, 5.74) is 5.54. The summed E-state index contributed by atoms with van der Waals surface area (Å²) in [5, 5.41) is 0. The van der Waals surface area contributed by atoms with Crippen molar-refractivity contribution in [2.75, 3.05) is 23.7 Å². The molecule has 146 valence electrons. The molecular formula is C18H22N2O5S2. The Balaban J connectivity index is 2.31. The lowest BCUT2D eigenvalue weighted by atomic mass is 10.3. The van der Waals surface area contributed by atoms with Crippen LogP contribution in [0.15, 0.2) is 52.3 Å². The van der Waals surface area contributed by atoms with Crippen LogP contribution in [-0.4, -0.2) is 33.3 Å². The SMILES string of the molecule is CCOc1ccc(S(=O)(=O)Nc2ccccc2SCC(N)=O)cc1OCC. The van der Waals surface area contributed by atoms with Crippen LogP contribution in [-0.2, 0) is 14.8 Å². The van der Waals surface area contributed by atoms with Crippen molar-refractivity contribution < 1.29 is 22.7 Å². The fourth-order valence-corrected chi connectivity index (χ4v) is 4.13. The van der Waals surface area contributed by atoms with Gasteiger partial charge < -0.3 is 15.2 Å². The average molecular weight is 411 g/mol. The lowest BCUT2D eigenvalue weighted by molar-refractivity contribution is -0.115. The van der Waals surface area contributed by atoms with E-state index in [1.807, 2.05) is 6.92 Å². The Morgan fingerprint density at radius 3 is 2.41 bits per heavy atom. The first-order chi connectivity index (χ1) is 12.9. The maximum atomic E-state index is 12.8. The van der Waals surface area contributed by atoms with Crippen molar-refractivity contribution in [1.29, 1.82) is 0 Å². The number of amides is 1. The van der Waals surface area contributed by atoms with Crippen molar-refractivity contribution >= 4 is 33.4 Å². The maximum Gasteiger partial charge on any atom is 0.262 e. The number of carbonyl (C=O) groups is 1. The third-order valence-corrected chi connectivity index (χ3v) is 5.79. The van der Waals surface area contributed by atoms with Crippen molar-refractivity contribution in [3.8, 4) is 11.5 Å². The second-order valence-corrected chi connectivity index (χ2v) is 8.03. The Morgan fingerprint density at radius 1 is 1.07 bits per heavy atom. The number of para-hydroxylation sites is 1. The zero-order chi connectivity index (χ0) is 19.9. The van der Waals surface area contributed by atoms with Gasteiger partial charge in [-0.25, -0.2) is 8.42 Å². The Hall–Kier alpha value is -2.39.